The number of anilines is 1. The normalized spacial score (nSPS) is 21.8. The zero-order valence-electron chi connectivity index (χ0n) is 19.0. The smallest absolute Gasteiger partial charge is 0.248 e. The molecule has 9 heteroatoms. The summed E-state index contributed by atoms with van der Waals surface area (Å²) in [4.78, 5) is 18.7. The molecule has 3 aromatic rings. The van der Waals surface area contributed by atoms with Crippen molar-refractivity contribution >= 4 is 17.7 Å². The molecule has 1 aromatic carbocycles. The van der Waals surface area contributed by atoms with Crippen molar-refractivity contribution in [3.05, 3.63) is 71.8 Å². The Morgan fingerprint density at radius 3 is 2.69 bits per heavy atom. The second kappa shape index (κ2) is 8.98. The van der Waals surface area contributed by atoms with Gasteiger partial charge < -0.3 is 10.1 Å². The summed E-state index contributed by atoms with van der Waals surface area (Å²) in [5.74, 6) is -1.51. The summed E-state index contributed by atoms with van der Waals surface area (Å²) < 4.78 is 36.8. The van der Waals surface area contributed by atoms with Crippen molar-refractivity contribution in [3.63, 3.8) is 0 Å². The zero-order chi connectivity index (χ0) is 23.9. The number of carbonyl (C=O) groups excluding carboxylic acids is 1. The number of hydrogen-bond acceptors (Lipinski definition) is 5. The van der Waals surface area contributed by atoms with E-state index in [1.165, 1.54) is 24.4 Å². The van der Waals surface area contributed by atoms with E-state index in [1.807, 2.05) is 16.9 Å². The minimum Gasteiger partial charge on any atom is -0.372 e. The summed E-state index contributed by atoms with van der Waals surface area (Å²) in [6.07, 6.45) is 12.6. The third-order valence-corrected chi connectivity index (χ3v) is 6.69. The largest absolute Gasteiger partial charge is 0.372 e. The van der Waals surface area contributed by atoms with Crippen LogP contribution >= 0.6 is 0 Å². The number of rotatable bonds is 7. The highest BCUT2D eigenvalue weighted by molar-refractivity contribution is 6.02. The van der Waals surface area contributed by atoms with E-state index in [-0.39, 0.29) is 5.69 Å². The van der Waals surface area contributed by atoms with Crippen molar-refractivity contribution in [1.82, 2.24) is 19.7 Å². The lowest BCUT2D eigenvalue weighted by Gasteiger charge is -2.47. The fourth-order valence-electron chi connectivity index (χ4n) is 4.81. The van der Waals surface area contributed by atoms with E-state index in [2.05, 4.69) is 20.3 Å². The molecule has 2 unspecified atom stereocenters. The summed E-state index contributed by atoms with van der Waals surface area (Å²) in [5.41, 5.74) is 2.33. The molecule has 180 valence electrons. The van der Waals surface area contributed by atoms with Crippen LogP contribution in [0.25, 0.3) is 17.2 Å². The van der Waals surface area contributed by atoms with Crippen LogP contribution in [0.2, 0.25) is 0 Å². The highest BCUT2D eigenvalue weighted by Crippen LogP contribution is 2.36. The third-order valence-electron chi connectivity index (χ3n) is 6.69. The van der Waals surface area contributed by atoms with E-state index in [4.69, 9.17) is 4.74 Å². The summed E-state index contributed by atoms with van der Waals surface area (Å²) in [7, 11) is 0. The molecular formula is C26H25F2N5O2. The SMILES string of the molecule is O=C(C=Cc1cncc(F)c1-c1cnn(C2CC2)c1)Nc1ccc(CN2CC3CC(C2)O3)cc1F. The Morgan fingerprint density at radius 1 is 1.14 bits per heavy atom. The maximum absolute atomic E-state index is 14.7. The number of nitrogens with one attached hydrogen (secondary N) is 1. The third kappa shape index (κ3) is 4.74. The van der Waals surface area contributed by atoms with Crippen LogP contribution < -0.4 is 5.32 Å². The molecule has 3 aliphatic heterocycles. The first-order valence-electron chi connectivity index (χ1n) is 11.8. The highest BCUT2D eigenvalue weighted by Gasteiger charge is 2.38. The molecule has 0 spiro atoms. The molecule has 4 aliphatic rings. The van der Waals surface area contributed by atoms with Gasteiger partial charge in [0.2, 0.25) is 5.91 Å². The standard InChI is InChI=1S/C26H25F2N5O2/c27-22-7-16(12-32-14-20-8-21(15-32)35-20)1-5-24(22)31-25(34)6-2-17-9-29-11-23(28)26(17)18-10-30-33(13-18)19-3-4-19/h1-2,5-7,9-11,13,19-21H,3-4,8,12,14-15H2,(H,31,34). The minimum absolute atomic E-state index is 0.0940. The first-order valence-corrected chi connectivity index (χ1v) is 11.8. The fraction of sp³-hybridized carbons (Fsp3) is 0.346. The molecule has 3 saturated heterocycles. The van der Waals surface area contributed by atoms with Crippen molar-refractivity contribution in [2.75, 3.05) is 18.4 Å². The summed E-state index contributed by atoms with van der Waals surface area (Å²) in [5, 5.41) is 6.88. The number of aromatic nitrogens is 3. The number of nitrogens with zero attached hydrogens (tertiary/aromatic N) is 4. The number of piperidine rings is 1. The highest BCUT2D eigenvalue weighted by atomic mass is 19.1. The van der Waals surface area contributed by atoms with Gasteiger partial charge in [0, 0.05) is 61.2 Å². The topological polar surface area (TPSA) is 72.3 Å². The van der Waals surface area contributed by atoms with Gasteiger partial charge in [-0.05, 0) is 36.6 Å². The molecule has 4 fully saturated rings. The predicted molar refractivity (Wildman–Crippen MR) is 126 cm³/mol. The Labute approximate surface area is 201 Å². The Hall–Kier alpha value is -3.43. The molecule has 5 heterocycles. The zero-order valence-corrected chi connectivity index (χ0v) is 19.0. The van der Waals surface area contributed by atoms with Crippen molar-refractivity contribution in [2.24, 2.45) is 0 Å². The van der Waals surface area contributed by atoms with Crippen LogP contribution in [-0.4, -0.2) is 50.9 Å². The maximum Gasteiger partial charge on any atom is 0.248 e. The summed E-state index contributed by atoms with van der Waals surface area (Å²) in [6.45, 7) is 2.37. The molecule has 7 rings (SSSR count). The van der Waals surface area contributed by atoms with E-state index in [0.29, 0.717) is 41.5 Å². The monoisotopic (exact) mass is 477 g/mol. The van der Waals surface area contributed by atoms with Crippen LogP contribution in [0.15, 0.2) is 49.1 Å². The Bertz CT molecular complexity index is 1290. The molecule has 0 radical (unpaired) electrons. The maximum atomic E-state index is 14.7. The minimum atomic E-state index is -0.520. The molecule has 1 N–H and O–H groups in total. The van der Waals surface area contributed by atoms with E-state index in [0.717, 1.165) is 44.1 Å². The van der Waals surface area contributed by atoms with Crippen LogP contribution in [0.4, 0.5) is 14.5 Å². The molecule has 1 amide bonds. The van der Waals surface area contributed by atoms with Gasteiger partial charge in [0.05, 0.1) is 36.3 Å². The molecule has 1 saturated carbocycles. The van der Waals surface area contributed by atoms with Crippen molar-refractivity contribution in [2.45, 2.75) is 44.1 Å². The number of pyridine rings is 1. The van der Waals surface area contributed by atoms with Crippen molar-refractivity contribution in [3.8, 4) is 11.1 Å². The quantitative estimate of drug-likeness (QED) is 0.517. The summed E-state index contributed by atoms with van der Waals surface area (Å²) >= 11 is 0. The average molecular weight is 478 g/mol. The second-order valence-electron chi connectivity index (χ2n) is 9.47. The van der Waals surface area contributed by atoms with Gasteiger partial charge in [0.25, 0.3) is 0 Å². The van der Waals surface area contributed by atoms with E-state index < -0.39 is 17.5 Å². The first-order chi connectivity index (χ1) is 17.0. The van der Waals surface area contributed by atoms with Gasteiger partial charge in [0.1, 0.15) is 11.6 Å². The van der Waals surface area contributed by atoms with Crippen LogP contribution in [0.5, 0.6) is 0 Å². The van der Waals surface area contributed by atoms with Crippen LogP contribution in [0.3, 0.4) is 0 Å². The number of halogens is 2. The Morgan fingerprint density at radius 2 is 1.94 bits per heavy atom. The van der Waals surface area contributed by atoms with Gasteiger partial charge in [-0.3, -0.25) is 19.4 Å². The van der Waals surface area contributed by atoms with Gasteiger partial charge in [-0.1, -0.05) is 6.07 Å². The Kier molecular flexibility index (Phi) is 5.66. The number of fused-ring (bicyclic) bond motifs is 2. The number of ether oxygens (including phenoxy) is 1. The van der Waals surface area contributed by atoms with Gasteiger partial charge in [-0.2, -0.15) is 5.10 Å². The first kappa shape index (κ1) is 22.1. The number of amides is 1. The van der Waals surface area contributed by atoms with E-state index in [1.54, 1.807) is 12.3 Å². The van der Waals surface area contributed by atoms with Gasteiger partial charge in [0.15, 0.2) is 0 Å². The van der Waals surface area contributed by atoms with E-state index in [9.17, 15) is 13.6 Å². The Balaban J connectivity index is 1.13. The summed E-state index contributed by atoms with van der Waals surface area (Å²) in [6, 6.07) is 5.21. The number of morpholine rings is 1. The van der Waals surface area contributed by atoms with Crippen LogP contribution in [0.1, 0.15) is 36.4 Å². The molecule has 2 aromatic heterocycles. The van der Waals surface area contributed by atoms with Gasteiger partial charge in [-0.15, -0.1) is 0 Å². The predicted octanol–water partition coefficient (Wildman–Crippen LogP) is 4.18. The lowest BCUT2D eigenvalue weighted by molar-refractivity contribution is -0.182. The lowest BCUT2D eigenvalue weighted by Crippen LogP contribution is -2.56. The fourth-order valence-corrected chi connectivity index (χ4v) is 4.81. The molecule has 2 bridgehead atoms. The lowest BCUT2D eigenvalue weighted by atomic mass is 9.98. The van der Waals surface area contributed by atoms with Crippen LogP contribution in [0, 0.1) is 11.6 Å². The van der Waals surface area contributed by atoms with Gasteiger partial charge >= 0.3 is 0 Å². The van der Waals surface area contributed by atoms with E-state index >= 15 is 0 Å². The number of hydrogen-bond donors (Lipinski definition) is 1. The van der Waals surface area contributed by atoms with Crippen molar-refractivity contribution in [1.29, 1.82) is 0 Å². The second-order valence-corrected chi connectivity index (χ2v) is 9.47. The van der Waals surface area contributed by atoms with Crippen molar-refractivity contribution < 1.29 is 18.3 Å². The molecule has 7 nitrogen and oxygen atoms in total. The molecule has 2 atom stereocenters. The number of carbonyl (C=O) groups is 1. The number of benzene rings is 1. The average Bonchev–Trinajstić information content (AvgIpc) is 3.56. The van der Waals surface area contributed by atoms with Crippen LogP contribution in [-0.2, 0) is 16.1 Å². The van der Waals surface area contributed by atoms with Gasteiger partial charge in [-0.25, -0.2) is 8.78 Å². The molecular weight excluding hydrogens is 452 g/mol. The molecule has 1 aliphatic carbocycles. The molecule has 35 heavy (non-hydrogen) atoms.